The number of allylic oxidation sites excluding steroid dienone is 4. The van der Waals surface area contributed by atoms with Crippen LogP contribution >= 0.6 is 0 Å². The molecule has 0 N–H and O–H groups in total. The zero-order valence-electron chi connectivity index (χ0n) is 19.7. The first-order chi connectivity index (χ1) is 16.3. The van der Waals surface area contributed by atoms with Gasteiger partial charge < -0.3 is 4.74 Å². The molecular weight excluding hydrogens is 442 g/mol. The summed E-state index contributed by atoms with van der Waals surface area (Å²) < 4.78 is 53.7. The predicted molar refractivity (Wildman–Crippen MR) is 126 cm³/mol. The zero-order chi connectivity index (χ0) is 24.4. The standard InChI is InChI=1S/C28H35F4NO/c29-26(20-33)5-3-1-2-4-21-6-8-22(9-7-21)10-11-23-12-14-24(15-13-23)25-16-18-27(19-17-25)34-28(30,31)32/h1,3,5,16-19,21-24H,2,4,6-15H2. The van der Waals surface area contributed by atoms with Gasteiger partial charge in [-0.25, -0.2) is 0 Å². The molecule has 0 bridgehead atoms. The van der Waals surface area contributed by atoms with Gasteiger partial charge in [0.25, 0.3) is 0 Å². The van der Waals surface area contributed by atoms with Gasteiger partial charge in [-0.15, -0.1) is 13.2 Å². The van der Waals surface area contributed by atoms with Gasteiger partial charge in [0.2, 0.25) is 0 Å². The Morgan fingerprint density at radius 2 is 1.41 bits per heavy atom. The van der Waals surface area contributed by atoms with E-state index in [0.717, 1.165) is 49.0 Å². The van der Waals surface area contributed by atoms with E-state index in [2.05, 4.69) is 4.74 Å². The van der Waals surface area contributed by atoms with Gasteiger partial charge in [-0.05, 0) is 86.0 Å². The van der Waals surface area contributed by atoms with Crippen LogP contribution in [0.3, 0.4) is 0 Å². The first-order valence-corrected chi connectivity index (χ1v) is 12.6. The van der Waals surface area contributed by atoms with Crippen LogP contribution in [0.25, 0.3) is 0 Å². The summed E-state index contributed by atoms with van der Waals surface area (Å²) in [6.07, 6.45) is 14.6. The van der Waals surface area contributed by atoms with Crippen molar-refractivity contribution in [3.8, 4) is 11.8 Å². The molecule has 2 aliphatic rings. The summed E-state index contributed by atoms with van der Waals surface area (Å²) >= 11 is 0. The minimum absolute atomic E-state index is 0.153. The van der Waals surface area contributed by atoms with Gasteiger partial charge in [-0.1, -0.05) is 62.8 Å². The third kappa shape index (κ3) is 9.16. The van der Waals surface area contributed by atoms with E-state index in [1.807, 2.05) is 6.08 Å². The molecule has 2 saturated carbocycles. The van der Waals surface area contributed by atoms with E-state index >= 15 is 0 Å². The predicted octanol–water partition coefficient (Wildman–Crippen LogP) is 9.16. The normalized spacial score (nSPS) is 26.4. The lowest BCUT2D eigenvalue weighted by molar-refractivity contribution is -0.274. The smallest absolute Gasteiger partial charge is 0.406 e. The largest absolute Gasteiger partial charge is 0.573 e. The molecule has 0 saturated heterocycles. The Morgan fingerprint density at radius 1 is 0.882 bits per heavy atom. The van der Waals surface area contributed by atoms with Crippen molar-refractivity contribution >= 4 is 0 Å². The van der Waals surface area contributed by atoms with Crippen molar-refractivity contribution in [3.05, 3.63) is 53.9 Å². The quantitative estimate of drug-likeness (QED) is 0.202. The molecule has 1 aromatic carbocycles. The highest BCUT2D eigenvalue weighted by Crippen LogP contribution is 2.40. The van der Waals surface area contributed by atoms with E-state index in [1.165, 1.54) is 75.6 Å². The summed E-state index contributed by atoms with van der Waals surface area (Å²) in [4.78, 5) is 0. The van der Waals surface area contributed by atoms with Crippen molar-refractivity contribution in [3.63, 3.8) is 0 Å². The first kappa shape index (κ1) is 26.3. The van der Waals surface area contributed by atoms with E-state index in [-0.39, 0.29) is 5.75 Å². The van der Waals surface area contributed by atoms with Gasteiger partial charge in [0.05, 0.1) is 0 Å². The Balaban J connectivity index is 1.29. The van der Waals surface area contributed by atoms with E-state index in [0.29, 0.717) is 5.92 Å². The lowest BCUT2D eigenvalue weighted by Gasteiger charge is -2.32. The van der Waals surface area contributed by atoms with Gasteiger partial charge in [-0.3, -0.25) is 0 Å². The average Bonchev–Trinajstić information content (AvgIpc) is 2.83. The van der Waals surface area contributed by atoms with Crippen molar-refractivity contribution in [1.82, 2.24) is 0 Å². The summed E-state index contributed by atoms with van der Waals surface area (Å²) in [6.45, 7) is 0. The Morgan fingerprint density at radius 3 is 1.94 bits per heavy atom. The minimum atomic E-state index is -4.64. The lowest BCUT2D eigenvalue weighted by Crippen LogP contribution is -2.18. The number of halogens is 4. The summed E-state index contributed by atoms with van der Waals surface area (Å²) in [7, 11) is 0. The van der Waals surface area contributed by atoms with Crippen LogP contribution in [0.1, 0.15) is 88.5 Å². The molecule has 34 heavy (non-hydrogen) atoms. The van der Waals surface area contributed by atoms with Gasteiger partial charge in [0.15, 0.2) is 5.83 Å². The molecule has 2 aliphatic carbocycles. The fourth-order valence-corrected chi connectivity index (χ4v) is 5.62. The van der Waals surface area contributed by atoms with Crippen LogP contribution in [0.2, 0.25) is 0 Å². The van der Waals surface area contributed by atoms with Gasteiger partial charge >= 0.3 is 6.36 Å². The second-order valence-electron chi connectivity index (χ2n) is 9.93. The second kappa shape index (κ2) is 13.0. The molecule has 0 amide bonds. The monoisotopic (exact) mass is 477 g/mol. The van der Waals surface area contributed by atoms with Crippen LogP contribution in [0.15, 0.2) is 48.3 Å². The zero-order valence-corrected chi connectivity index (χ0v) is 19.7. The maximum Gasteiger partial charge on any atom is 0.573 e. The maximum absolute atomic E-state index is 12.7. The SMILES string of the molecule is N#CC(F)=CC=CCCC1CCC(CCC2CCC(c3ccc(OC(F)(F)F)cc3)CC2)CC1. The van der Waals surface area contributed by atoms with E-state index in [1.54, 1.807) is 18.2 Å². The van der Waals surface area contributed by atoms with Crippen LogP contribution in [-0.2, 0) is 0 Å². The topological polar surface area (TPSA) is 33.0 Å². The van der Waals surface area contributed by atoms with Crippen LogP contribution in [0.5, 0.6) is 5.75 Å². The number of nitriles is 1. The number of nitrogens with zero attached hydrogens (tertiary/aromatic N) is 1. The molecule has 0 heterocycles. The number of rotatable bonds is 9. The van der Waals surface area contributed by atoms with E-state index in [4.69, 9.17) is 5.26 Å². The van der Waals surface area contributed by atoms with E-state index < -0.39 is 12.2 Å². The second-order valence-corrected chi connectivity index (χ2v) is 9.93. The fourth-order valence-electron chi connectivity index (χ4n) is 5.62. The molecule has 0 unspecified atom stereocenters. The fraction of sp³-hybridized carbons (Fsp3) is 0.607. The molecule has 0 radical (unpaired) electrons. The van der Waals surface area contributed by atoms with Crippen LogP contribution < -0.4 is 4.74 Å². The lowest BCUT2D eigenvalue weighted by atomic mass is 9.74. The van der Waals surface area contributed by atoms with E-state index in [9.17, 15) is 17.6 Å². The molecule has 6 heteroatoms. The Bertz CT molecular complexity index is 837. The molecule has 1 aromatic rings. The minimum Gasteiger partial charge on any atom is -0.406 e. The highest BCUT2D eigenvalue weighted by atomic mass is 19.4. The molecule has 3 rings (SSSR count). The van der Waals surface area contributed by atoms with Crippen LogP contribution in [-0.4, -0.2) is 6.36 Å². The molecule has 2 nitrogen and oxygen atoms in total. The summed E-state index contributed by atoms with van der Waals surface area (Å²) in [5, 5.41) is 8.38. The summed E-state index contributed by atoms with van der Waals surface area (Å²) in [5.74, 6) is 1.90. The van der Waals surface area contributed by atoms with Crippen molar-refractivity contribution in [1.29, 1.82) is 5.26 Å². The molecule has 0 aliphatic heterocycles. The molecule has 186 valence electrons. The third-order valence-electron chi connectivity index (χ3n) is 7.61. The highest BCUT2D eigenvalue weighted by Gasteiger charge is 2.31. The highest BCUT2D eigenvalue weighted by molar-refractivity contribution is 5.29. The summed E-state index contributed by atoms with van der Waals surface area (Å²) in [6, 6.07) is 7.88. The number of hydrogen-bond donors (Lipinski definition) is 0. The summed E-state index contributed by atoms with van der Waals surface area (Å²) in [5.41, 5.74) is 1.12. The molecule has 0 atom stereocenters. The number of hydrogen-bond acceptors (Lipinski definition) is 2. The molecule has 0 aromatic heterocycles. The Hall–Kier alpha value is -2.29. The first-order valence-electron chi connectivity index (χ1n) is 12.6. The van der Waals surface area contributed by atoms with Gasteiger partial charge in [0, 0.05) is 0 Å². The van der Waals surface area contributed by atoms with Gasteiger partial charge in [0.1, 0.15) is 11.8 Å². The van der Waals surface area contributed by atoms with Crippen molar-refractivity contribution in [2.24, 2.45) is 17.8 Å². The van der Waals surface area contributed by atoms with Crippen LogP contribution in [0.4, 0.5) is 17.6 Å². The Kier molecular flexibility index (Phi) is 10.0. The van der Waals surface area contributed by atoms with Crippen LogP contribution in [0, 0.1) is 29.1 Å². The molecular formula is C28H35F4NO. The van der Waals surface area contributed by atoms with Crippen molar-refractivity contribution in [2.45, 2.75) is 89.3 Å². The Labute approximate surface area is 200 Å². The van der Waals surface area contributed by atoms with Crippen molar-refractivity contribution < 1.29 is 22.3 Å². The third-order valence-corrected chi connectivity index (χ3v) is 7.61. The number of benzene rings is 1. The number of ether oxygens (including phenoxy) is 1. The van der Waals surface area contributed by atoms with Crippen molar-refractivity contribution in [2.75, 3.05) is 0 Å². The van der Waals surface area contributed by atoms with Gasteiger partial charge in [-0.2, -0.15) is 9.65 Å². The average molecular weight is 478 g/mol. The number of alkyl halides is 3. The molecule has 0 spiro atoms. The molecule has 2 fully saturated rings. The maximum atomic E-state index is 12.7.